The molecule has 0 aliphatic heterocycles. The molecule has 0 radical (unpaired) electrons. The Morgan fingerprint density at radius 1 is 1.64 bits per heavy atom. The highest BCUT2D eigenvalue weighted by molar-refractivity contribution is 7.90. The molecule has 0 bridgehead atoms. The molecular weight excluding hydrogens is 170 g/mol. The summed E-state index contributed by atoms with van der Waals surface area (Å²) in [6.45, 7) is 1.16. The zero-order chi connectivity index (χ0) is 9.28. The number of rotatable bonds is 3. The molecule has 0 rings (SSSR count). The quantitative estimate of drug-likeness (QED) is 0.572. The standard InChI is InChI=1S/C5H11NO4S/c1-5(6,4(7)8)3-11(2,9)10/h3,6H2,1-2H3,(H,7,8)/t5-/m1/s1. The van der Waals surface area contributed by atoms with Crippen molar-refractivity contribution in [3.05, 3.63) is 0 Å². The van der Waals surface area contributed by atoms with E-state index in [4.69, 9.17) is 10.8 Å². The third-order valence-corrected chi connectivity index (χ3v) is 2.17. The maximum absolute atomic E-state index is 10.6. The number of carboxylic acids is 1. The molecule has 0 aromatic carbocycles. The van der Waals surface area contributed by atoms with E-state index in [-0.39, 0.29) is 0 Å². The first-order valence-corrected chi connectivity index (χ1v) is 4.91. The van der Waals surface area contributed by atoms with E-state index >= 15 is 0 Å². The van der Waals surface area contributed by atoms with E-state index in [1.807, 2.05) is 0 Å². The Morgan fingerprint density at radius 2 is 2.00 bits per heavy atom. The molecule has 66 valence electrons. The molecule has 6 heteroatoms. The molecule has 0 spiro atoms. The Balaban J connectivity index is 4.51. The molecular formula is C5H11NO4S. The molecule has 0 saturated carbocycles. The molecule has 0 heterocycles. The molecule has 0 aromatic heterocycles. The van der Waals surface area contributed by atoms with Crippen molar-refractivity contribution in [3.63, 3.8) is 0 Å². The monoisotopic (exact) mass is 181 g/mol. The van der Waals surface area contributed by atoms with Crippen LogP contribution in [-0.2, 0) is 14.6 Å². The van der Waals surface area contributed by atoms with E-state index in [0.717, 1.165) is 13.2 Å². The summed E-state index contributed by atoms with van der Waals surface area (Å²) in [6.07, 6.45) is 0.945. The summed E-state index contributed by atoms with van der Waals surface area (Å²) < 4.78 is 21.2. The van der Waals surface area contributed by atoms with Crippen LogP contribution in [0.1, 0.15) is 6.92 Å². The van der Waals surface area contributed by atoms with Gasteiger partial charge in [0.1, 0.15) is 15.4 Å². The summed E-state index contributed by atoms with van der Waals surface area (Å²) in [5, 5.41) is 8.42. The number of sulfone groups is 1. The largest absolute Gasteiger partial charge is 0.480 e. The molecule has 1 atom stereocenters. The van der Waals surface area contributed by atoms with Gasteiger partial charge in [0.25, 0.3) is 0 Å². The summed E-state index contributed by atoms with van der Waals surface area (Å²) in [5.41, 5.74) is 3.48. The lowest BCUT2D eigenvalue weighted by atomic mass is 10.1. The van der Waals surface area contributed by atoms with Gasteiger partial charge in [-0.1, -0.05) is 0 Å². The number of carboxylic acid groups (broad SMARTS) is 1. The maximum atomic E-state index is 10.6. The van der Waals surface area contributed by atoms with Crippen molar-refractivity contribution in [2.75, 3.05) is 12.0 Å². The summed E-state index contributed by atoms with van der Waals surface area (Å²) >= 11 is 0. The SMILES string of the molecule is C[C@@](N)(CS(C)(=O)=O)C(=O)O. The summed E-state index contributed by atoms with van der Waals surface area (Å²) in [6, 6.07) is 0. The van der Waals surface area contributed by atoms with Crippen LogP contribution in [0.2, 0.25) is 0 Å². The molecule has 0 aromatic rings. The van der Waals surface area contributed by atoms with Crippen LogP contribution < -0.4 is 5.73 Å². The zero-order valence-electron chi connectivity index (χ0n) is 6.36. The van der Waals surface area contributed by atoms with E-state index in [1.54, 1.807) is 0 Å². The second-order valence-electron chi connectivity index (χ2n) is 2.79. The minimum atomic E-state index is -3.33. The fourth-order valence-electron chi connectivity index (χ4n) is 0.606. The van der Waals surface area contributed by atoms with E-state index in [2.05, 4.69) is 0 Å². The molecule has 3 N–H and O–H groups in total. The van der Waals surface area contributed by atoms with E-state index < -0.39 is 27.1 Å². The average Bonchev–Trinajstić information content (AvgIpc) is 1.56. The van der Waals surface area contributed by atoms with Gasteiger partial charge in [-0.05, 0) is 6.92 Å². The number of hydrogen-bond acceptors (Lipinski definition) is 4. The molecule has 11 heavy (non-hydrogen) atoms. The Labute approximate surface area is 65.1 Å². The third kappa shape index (κ3) is 3.94. The Hall–Kier alpha value is -0.620. The Morgan fingerprint density at radius 3 is 2.09 bits per heavy atom. The summed E-state index contributed by atoms with van der Waals surface area (Å²) in [7, 11) is -3.33. The van der Waals surface area contributed by atoms with Gasteiger partial charge in [0.15, 0.2) is 0 Å². The molecule has 0 unspecified atom stereocenters. The number of hydrogen-bond donors (Lipinski definition) is 2. The normalized spacial score (nSPS) is 17.4. The molecule has 0 amide bonds. The second-order valence-corrected chi connectivity index (χ2v) is 4.93. The van der Waals surface area contributed by atoms with Crippen molar-refractivity contribution in [2.24, 2.45) is 5.73 Å². The van der Waals surface area contributed by atoms with Crippen LogP contribution in [-0.4, -0.2) is 37.0 Å². The van der Waals surface area contributed by atoms with Crippen molar-refractivity contribution < 1.29 is 18.3 Å². The van der Waals surface area contributed by atoms with Crippen LogP contribution in [0.3, 0.4) is 0 Å². The Kier molecular flexibility index (Phi) is 2.63. The van der Waals surface area contributed by atoms with E-state index in [0.29, 0.717) is 0 Å². The van der Waals surface area contributed by atoms with Gasteiger partial charge < -0.3 is 10.8 Å². The van der Waals surface area contributed by atoms with Crippen LogP contribution in [0.15, 0.2) is 0 Å². The predicted molar refractivity (Wildman–Crippen MR) is 39.9 cm³/mol. The Bertz CT molecular complexity index is 254. The molecule has 0 fully saturated rings. The van der Waals surface area contributed by atoms with E-state index in [9.17, 15) is 13.2 Å². The van der Waals surface area contributed by atoms with Crippen LogP contribution in [0.25, 0.3) is 0 Å². The number of carbonyl (C=O) groups is 1. The average molecular weight is 181 g/mol. The first-order chi connectivity index (χ1) is 4.65. The van der Waals surface area contributed by atoms with Crippen molar-refractivity contribution in [2.45, 2.75) is 12.5 Å². The fraction of sp³-hybridized carbons (Fsp3) is 0.800. The second kappa shape index (κ2) is 2.78. The zero-order valence-corrected chi connectivity index (χ0v) is 7.18. The predicted octanol–water partition coefficient (Wildman–Crippen LogP) is -1.17. The van der Waals surface area contributed by atoms with Crippen LogP contribution >= 0.6 is 0 Å². The van der Waals surface area contributed by atoms with Gasteiger partial charge in [-0.25, -0.2) is 8.42 Å². The van der Waals surface area contributed by atoms with Crippen LogP contribution in [0, 0.1) is 0 Å². The number of nitrogens with two attached hydrogens (primary N) is 1. The minimum Gasteiger partial charge on any atom is -0.480 e. The van der Waals surface area contributed by atoms with Gasteiger partial charge in [-0.15, -0.1) is 0 Å². The number of aliphatic carboxylic acids is 1. The van der Waals surface area contributed by atoms with Crippen molar-refractivity contribution in [3.8, 4) is 0 Å². The fourth-order valence-corrected chi connectivity index (χ4v) is 1.82. The van der Waals surface area contributed by atoms with Crippen molar-refractivity contribution in [1.29, 1.82) is 0 Å². The molecule has 0 aliphatic rings. The molecule has 0 aliphatic carbocycles. The van der Waals surface area contributed by atoms with Crippen molar-refractivity contribution >= 4 is 15.8 Å². The van der Waals surface area contributed by atoms with Gasteiger partial charge in [0.05, 0.1) is 5.75 Å². The maximum Gasteiger partial charge on any atom is 0.324 e. The van der Waals surface area contributed by atoms with E-state index in [1.165, 1.54) is 0 Å². The topological polar surface area (TPSA) is 97.5 Å². The third-order valence-electron chi connectivity index (χ3n) is 1.05. The van der Waals surface area contributed by atoms with Gasteiger partial charge in [0.2, 0.25) is 0 Å². The molecule has 0 saturated heterocycles. The van der Waals surface area contributed by atoms with Crippen LogP contribution in [0.5, 0.6) is 0 Å². The first-order valence-electron chi connectivity index (χ1n) is 2.85. The van der Waals surface area contributed by atoms with Gasteiger partial charge >= 0.3 is 5.97 Å². The smallest absolute Gasteiger partial charge is 0.324 e. The van der Waals surface area contributed by atoms with Gasteiger partial charge in [-0.3, -0.25) is 4.79 Å². The first kappa shape index (κ1) is 10.4. The minimum absolute atomic E-state index is 0.546. The highest BCUT2D eigenvalue weighted by atomic mass is 32.2. The highest BCUT2D eigenvalue weighted by Crippen LogP contribution is 2.02. The van der Waals surface area contributed by atoms with Gasteiger partial charge in [-0.2, -0.15) is 0 Å². The molecule has 5 nitrogen and oxygen atoms in total. The lowest BCUT2D eigenvalue weighted by molar-refractivity contribution is -0.141. The van der Waals surface area contributed by atoms with Crippen molar-refractivity contribution in [1.82, 2.24) is 0 Å². The lowest BCUT2D eigenvalue weighted by Crippen LogP contribution is -2.50. The lowest BCUT2D eigenvalue weighted by Gasteiger charge is -2.16. The highest BCUT2D eigenvalue weighted by Gasteiger charge is 2.31. The summed E-state index contributed by atoms with van der Waals surface area (Å²) in [5.74, 6) is -1.86. The van der Waals surface area contributed by atoms with Gasteiger partial charge in [0, 0.05) is 6.26 Å². The van der Waals surface area contributed by atoms with Crippen LogP contribution in [0.4, 0.5) is 0 Å². The summed E-state index contributed by atoms with van der Waals surface area (Å²) in [4.78, 5) is 10.3.